The second-order valence-electron chi connectivity index (χ2n) is 22.3. The van der Waals surface area contributed by atoms with Crippen LogP contribution in [0.25, 0.3) is 11.2 Å². The number of aromatic nitrogens is 10. The van der Waals surface area contributed by atoms with Gasteiger partial charge in [-0.05, 0) is 39.5 Å². The molecule has 5 aromatic heterocycles. The maximum atomic E-state index is 15.1. The lowest BCUT2D eigenvalue weighted by atomic mass is 10.1. The van der Waals surface area contributed by atoms with E-state index in [-0.39, 0.29) is 87.0 Å². The lowest BCUT2D eigenvalue weighted by Crippen LogP contribution is -2.41. The summed E-state index contributed by atoms with van der Waals surface area (Å²) in [6.07, 6.45) is -16.6. The average molecular weight is 1470 g/mol. The zero-order valence-electron chi connectivity index (χ0n) is 53.5. The van der Waals surface area contributed by atoms with Crippen molar-refractivity contribution in [2.45, 2.75) is 126 Å². The summed E-state index contributed by atoms with van der Waals surface area (Å²) in [6, 6.07) is 0. The minimum absolute atomic E-state index is 0.0349. The number of nitrogens with one attached hydrogen (secondary N) is 1. The van der Waals surface area contributed by atoms with Crippen molar-refractivity contribution in [1.82, 2.24) is 48.2 Å². The number of H-pyrrole nitrogens is 1. The summed E-state index contributed by atoms with van der Waals surface area (Å²) in [6.45, 7) is -6.71. The number of aromatic amines is 1. The fraction of sp³-hybridized carbons (Fsp3) is 0.673. The van der Waals surface area contributed by atoms with Crippen LogP contribution in [0, 0.1) is 20.8 Å². The van der Waals surface area contributed by atoms with Crippen molar-refractivity contribution in [3.63, 3.8) is 0 Å². The third-order valence-corrected chi connectivity index (χ3v) is 19.8. The molecule has 540 valence electrons. The van der Waals surface area contributed by atoms with Crippen LogP contribution >= 0.6 is 33.6 Å². The van der Waals surface area contributed by atoms with Gasteiger partial charge >= 0.3 is 38.4 Å². The molecule has 0 bridgehead atoms. The summed E-state index contributed by atoms with van der Waals surface area (Å²) >= 11 is 9.94. The number of fused-ring (bicyclic) bond motifs is 1. The smallest absolute Gasteiger partial charge is 0.387 e. The van der Waals surface area contributed by atoms with Gasteiger partial charge in [0, 0.05) is 63.7 Å². The molecule has 97 heavy (non-hydrogen) atoms. The highest BCUT2D eigenvalue weighted by atomic mass is 32.7. The van der Waals surface area contributed by atoms with Crippen molar-refractivity contribution >= 4 is 74.0 Å². The maximum Gasteiger partial charge on any atom is 0.472 e. The molecular weight excluding hydrogens is 1400 g/mol. The summed E-state index contributed by atoms with van der Waals surface area (Å²) < 4.78 is 140. The lowest BCUT2D eigenvalue weighted by Gasteiger charge is -2.30. The van der Waals surface area contributed by atoms with E-state index in [0.717, 1.165) is 19.9 Å². The first-order valence-electron chi connectivity index (χ1n) is 29.7. The maximum absolute atomic E-state index is 15.1. The number of aliphatic hydroxyl groups excluding tert-OH is 1. The standard InChI is InChI=1S/C52H78N13O27P3S2/c1-25-17-62(50(68)59-41(25)53)46-37(79-13-9-75-5)33(66)29(87-46)20-84-94(73,96)92-36-31(89-48(40(36)82-16-12-78-8)64-19-27(3)45(67)61-52(64)70)22-85-95(74,97)91-35-30(88-47(39(35)81-15-11-77-7)63-18-26(2)42(54)60-51(63)69)21-83-93(71,72)90-34-28(4)86-49(38(34)80-14-10-76-6)65-24-58-32-43(55)56-23-57-44(32)65/h17-19,23-24,28-31,33-40,46-49,66H,9-16,20-22H2,1-8H3,(H,71,72)(H,73,96)(H,74,97)(H2,53,59,68)(H2,54,60,69)(H2,55,56,57)(H,61,67,70)/t28-,29-,30-,31-,33?,34?,35?,36?,37+,38+,39+,40+,46-,47-,48-,49-,94?,95?/m1/s1. The van der Waals surface area contributed by atoms with Crippen molar-refractivity contribution in [2.24, 2.45) is 0 Å². The molecule has 7 unspecified atom stereocenters. The molecule has 4 aliphatic heterocycles. The number of hydrogen-bond donors (Lipinski definition) is 8. The van der Waals surface area contributed by atoms with Gasteiger partial charge in [-0.2, -0.15) is 9.97 Å². The van der Waals surface area contributed by atoms with Gasteiger partial charge in [-0.15, -0.1) is 0 Å². The van der Waals surface area contributed by atoms with E-state index in [1.165, 1.54) is 65.0 Å². The molecule has 0 saturated carbocycles. The number of nitrogens with zero attached hydrogens (tertiary/aromatic N) is 9. The van der Waals surface area contributed by atoms with Crippen LogP contribution in [-0.4, -0.2) is 237 Å². The first-order valence-corrected chi connectivity index (χ1v) is 36.5. The van der Waals surface area contributed by atoms with Crippen LogP contribution in [0.3, 0.4) is 0 Å². The second-order valence-corrected chi connectivity index (χ2v) is 29.4. The van der Waals surface area contributed by atoms with E-state index in [0.29, 0.717) is 11.1 Å². The van der Waals surface area contributed by atoms with Gasteiger partial charge in [0.2, 0.25) is 0 Å². The Morgan fingerprint density at radius 3 is 1.59 bits per heavy atom. The third-order valence-electron chi connectivity index (χ3n) is 15.6. The Kier molecular flexibility index (Phi) is 26.1. The van der Waals surface area contributed by atoms with Gasteiger partial charge < -0.3 is 93.5 Å². The van der Waals surface area contributed by atoms with E-state index in [9.17, 15) is 38.6 Å². The Balaban J connectivity index is 0.998. The molecule has 5 aromatic rings. The lowest BCUT2D eigenvalue weighted by molar-refractivity contribution is -0.0840. The SMILES string of the molecule is COCCO[C@H]1C(O)[C@@H](COP(O)(=S)OC2[C@@H](COP(=O)(S)OC3[C@@H](COP(=O)(O)OC4[C@@H](C)O[C@@H](n5cnc6c(N)ncnc65)[C@H]4OCCOC)O[C@@H](n4cc(C)c(N)nc4=O)[C@H]3OCCOC)O[C@@H](n3cc(C)c(=O)[nH]c3=O)[C@H]2OCCOC)O[C@H]1n1cc(C)c(N)nc1=O. The van der Waals surface area contributed by atoms with E-state index in [4.69, 9.17) is 113 Å². The highest BCUT2D eigenvalue weighted by Crippen LogP contribution is 2.58. The summed E-state index contributed by atoms with van der Waals surface area (Å²) in [4.78, 5) is 99.4. The van der Waals surface area contributed by atoms with Gasteiger partial charge in [0.05, 0.1) is 85.1 Å². The molecular formula is C52H78N13O27P3S2. The Labute approximate surface area is 561 Å². The number of hydrogen-bond acceptors (Lipinski definition) is 34. The molecule has 9 heterocycles. The molecule has 4 saturated heterocycles. The number of methoxy groups -OCH3 is 4. The minimum Gasteiger partial charge on any atom is -0.387 e. The van der Waals surface area contributed by atoms with Gasteiger partial charge in [0.1, 0.15) is 90.6 Å². The summed E-state index contributed by atoms with van der Waals surface area (Å²) in [7, 11) is 0.301. The zero-order chi connectivity index (χ0) is 70.3. The number of imidazole rings is 1. The molecule has 0 spiro atoms. The number of phosphoric ester groups is 1. The molecule has 0 aliphatic carbocycles. The number of aliphatic hydroxyl groups is 1. The van der Waals surface area contributed by atoms with Crippen molar-refractivity contribution in [3.05, 3.63) is 89.7 Å². The number of rotatable bonds is 35. The number of aryl methyl sites for hydroxylation is 3. The molecule has 0 amide bonds. The number of anilines is 3. The van der Waals surface area contributed by atoms with Crippen LogP contribution in [0.4, 0.5) is 17.5 Å². The highest BCUT2D eigenvalue weighted by Gasteiger charge is 2.56. The first kappa shape index (κ1) is 76.2. The van der Waals surface area contributed by atoms with Gasteiger partial charge in [-0.3, -0.25) is 50.7 Å². The number of nitrogen functional groups attached to an aromatic ring is 3. The minimum atomic E-state index is -5.31. The Bertz CT molecular complexity index is 3910. The number of thiol groups is 1. The van der Waals surface area contributed by atoms with Crippen LogP contribution in [0.2, 0.25) is 0 Å². The summed E-state index contributed by atoms with van der Waals surface area (Å²) in [5.41, 5.74) is 15.6. The molecule has 4 aliphatic rings. The predicted molar refractivity (Wildman–Crippen MR) is 340 cm³/mol. The van der Waals surface area contributed by atoms with Crippen molar-refractivity contribution in [1.29, 1.82) is 0 Å². The molecule has 10 N–H and O–H groups in total. The van der Waals surface area contributed by atoms with Crippen LogP contribution in [0.5, 0.6) is 0 Å². The Morgan fingerprint density at radius 1 is 0.567 bits per heavy atom. The van der Waals surface area contributed by atoms with Crippen molar-refractivity contribution in [3.8, 4) is 0 Å². The molecule has 19 atom stereocenters. The van der Waals surface area contributed by atoms with E-state index < -0.39 is 162 Å². The zero-order valence-corrected chi connectivity index (χ0v) is 57.9. The topological polar surface area (TPSA) is 507 Å². The van der Waals surface area contributed by atoms with Crippen LogP contribution in [0.1, 0.15) is 48.5 Å². The third kappa shape index (κ3) is 18.2. The summed E-state index contributed by atoms with van der Waals surface area (Å²) in [5, 5.41) is 11.6. The van der Waals surface area contributed by atoms with Gasteiger partial charge in [-0.1, -0.05) is 12.2 Å². The molecule has 0 radical (unpaired) electrons. The van der Waals surface area contributed by atoms with Gasteiger partial charge in [0.25, 0.3) is 5.56 Å². The van der Waals surface area contributed by atoms with Crippen molar-refractivity contribution < 1.29 is 108 Å². The molecule has 0 aromatic carbocycles. The van der Waals surface area contributed by atoms with Gasteiger partial charge in [-0.25, -0.2) is 38.5 Å². The highest BCUT2D eigenvalue weighted by molar-refractivity contribution is 8.44. The van der Waals surface area contributed by atoms with E-state index in [1.807, 2.05) is 0 Å². The number of phosphoric acid groups is 1. The number of nitrogens with two attached hydrogens (primary N) is 3. The Hall–Kier alpha value is -4.99. The second kappa shape index (κ2) is 33.2. The van der Waals surface area contributed by atoms with Crippen LogP contribution in [-0.2, 0) is 105 Å². The number of ether oxygens (including phenoxy) is 12. The largest absolute Gasteiger partial charge is 0.472 e. The Morgan fingerprint density at radius 2 is 1.03 bits per heavy atom. The molecule has 40 nitrogen and oxygen atoms in total. The predicted octanol–water partition coefficient (Wildman–Crippen LogP) is -0.781. The van der Waals surface area contributed by atoms with E-state index >= 15 is 4.57 Å². The fourth-order valence-corrected chi connectivity index (χ4v) is 14.8. The van der Waals surface area contributed by atoms with E-state index in [1.54, 1.807) is 20.8 Å². The molecule has 45 heteroatoms. The fourth-order valence-electron chi connectivity index (χ4n) is 10.8. The summed E-state index contributed by atoms with van der Waals surface area (Å²) in [5.74, 6) is -0.107. The average Bonchev–Trinajstić information content (AvgIpc) is 1.66. The van der Waals surface area contributed by atoms with Crippen molar-refractivity contribution in [2.75, 3.05) is 118 Å². The normalized spacial score (nSPS) is 29.3. The first-order chi connectivity index (χ1) is 46.1. The molecule has 4 fully saturated rings. The quantitative estimate of drug-likeness (QED) is 0.0140. The van der Waals surface area contributed by atoms with Gasteiger partial charge in [0.15, 0.2) is 36.4 Å². The monoisotopic (exact) mass is 1470 g/mol. The van der Waals surface area contributed by atoms with Crippen LogP contribution in [0.15, 0.2) is 50.4 Å². The van der Waals surface area contributed by atoms with E-state index in [2.05, 4.69) is 42.2 Å². The molecule has 9 rings (SSSR count). The van der Waals surface area contributed by atoms with Crippen LogP contribution < -0.4 is 39.8 Å².